The van der Waals surface area contributed by atoms with Crippen LogP contribution >= 0.6 is 15.9 Å². The molecular formula is C22H25BrN2O5. The fourth-order valence-electron chi connectivity index (χ4n) is 2.88. The minimum Gasteiger partial charge on any atom is -0.508 e. The molecule has 2 amide bonds. The minimum absolute atomic E-state index is 0.0217. The fraction of sp³-hybridized carbons (Fsp3) is 0.273. The summed E-state index contributed by atoms with van der Waals surface area (Å²) in [6, 6.07) is 12.3. The fourth-order valence-corrected chi connectivity index (χ4v) is 3.26. The maximum Gasteiger partial charge on any atom is 0.412 e. The van der Waals surface area contributed by atoms with E-state index in [2.05, 4.69) is 21.2 Å². The van der Waals surface area contributed by atoms with Gasteiger partial charge >= 0.3 is 6.09 Å². The van der Waals surface area contributed by atoms with E-state index in [1.807, 2.05) is 26.0 Å². The van der Waals surface area contributed by atoms with E-state index in [1.165, 1.54) is 17.6 Å². The Kier molecular flexibility index (Phi) is 8.89. The van der Waals surface area contributed by atoms with Crippen LogP contribution in [-0.2, 0) is 9.53 Å². The van der Waals surface area contributed by atoms with Gasteiger partial charge in [-0.3, -0.25) is 15.3 Å². The highest BCUT2D eigenvalue weighted by Crippen LogP contribution is 2.36. The number of halogens is 1. The van der Waals surface area contributed by atoms with Crippen LogP contribution in [0.5, 0.6) is 5.75 Å². The molecule has 0 heterocycles. The van der Waals surface area contributed by atoms with E-state index in [1.54, 1.807) is 30.3 Å². The third-order valence-corrected chi connectivity index (χ3v) is 5.01. The number of amides is 2. The number of benzene rings is 2. The second-order valence-corrected chi connectivity index (χ2v) is 7.87. The summed E-state index contributed by atoms with van der Waals surface area (Å²) < 4.78 is 6.44. The summed E-state index contributed by atoms with van der Waals surface area (Å²) in [6.07, 6.45) is 2.58. The first-order chi connectivity index (χ1) is 14.3. The highest BCUT2D eigenvalue weighted by Gasteiger charge is 2.26. The third-order valence-electron chi connectivity index (χ3n) is 4.51. The first kappa shape index (κ1) is 23.4. The van der Waals surface area contributed by atoms with Crippen molar-refractivity contribution in [2.45, 2.75) is 32.8 Å². The number of carbonyl (C=O) groups excluding carboxylic acids is 2. The monoisotopic (exact) mass is 476 g/mol. The first-order valence-corrected chi connectivity index (χ1v) is 10.2. The van der Waals surface area contributed by atoms with Crippen molar-refractivity contribution in [1.29, 1.82) is 0 Å². The quantitative estimate of drug-likeness (QED) is 0.237. The van der Waals surface area contributed by atoms with Crippen LogP contribution in [0.4, 0.5) is 10.5 Å². The van der Waals surface area contributed by atoms with Gasteiger partial charge in [0.05, 0.1) is 0 Å². The Balaban J connectivity index is 2.15. The van der Waals surface area contributed by atoms with E-state index in [0.717, 1.165) is 10.0 Å². The lowest BCUT2D eigenvalue weighted by molar-refractivity contribution is -0.124. The number of hydrogen-bond acceptors (Lipinski definition) is 5. The van der Waals surface area contributed by atoms with Gasteiger partial charge in [-0.15, -0.1) is 0 Å². The van der Waals surface area contributed by atoms with E-state index in [-0.39, 0.29) is 11.7 Å². The molecule has 0 aliphatic rings. The second kappa shape index (κ2) is 11.4. The molecule has 0 aliphatic heterocycles. The molecule has 2 aromatic carbocycles. The average molecular weight is 477 g/mol. The van der Waals surface area contributed by atoms with Gasteiger partial charge in [0.2, 0.25) is 0 Å². The first-order valence-electron chi connectivity index (χ1n) is 9.43. The maximum absolute atomic E-state index is 12.5. The number of phenolic OH excluding ortho intramolecular Hbond substituents is 1. The molecular weight excluding hydrogens is 452 g/mol. The van der Waals surface area contributed by atoms with Gasteiger partial charge in [0.1, 0.15) is 11.9 Å². The molecule has 160 valence electrons. The van der Waals surface area contributed by atoms with Gasteiger partial charge in [-0.1, -0.05) is 46.6 Å². The van der Waals surface area contributed by atoms with Crippen molar-refractivity contribution in [3.63, 3.8) is 0 Å². The molecule has 0 saturated heterocycles. The number of hydroxylamine groups is 1. The molecule has 2 rings (SSSR count). The zero-order valence-corrected chi connectivity index (χ0v) is 18.3. The number of hydrogen-bond donors (Lipinski definition) is 4. The lowest BCUT2D eigenvalue weighted by Gasteiger charge is -2.25. The molecule has 0 radical (unpaired) electrons. The van der Waals surface area contributed by atoms with Crippen LogP contribution in [-0.4, -0.2) is 22.3 Å². The predicted octanol–water partition coefficient (Wildman–Crippen LogP) is 5.23. The van der Waals surface area contributed by atoms with Gasteiger partial charge in [-0.25, -0.2) is 10.3 Å². The number of anilines is 1. The molecule has 7 nitrogen and oxygen atoms in total. The van der Waals surface area contributed by atoms with E-state index in [4.69, 9.17) is 9.94 Å². The van der Waals surface area contributed by atoms with Crippen LogP contribution in [0.1, 0.15) is 37.0 Å². The number of aryl methyl sites for hydroxylation is 1. The Morgan fingerprint density at radius 2 is 1.90 bits per heavy atom. The Morgan fingerprint density at radius 1 is 1.20 bits per heavy atom. The Morgan fingerprint density at radius 3 is 2.57 bits per heavy atom. The summed E-state index contributed by atoms with van der Waals surface area (Å²) in [6.45, 7) is 3.85. The number of allylic oxidation sites excluding steroid dienone is 1. The Bertz CT molecular complexity index is 899. The van der Waals surface area contributed by atoms with Crippen molar-refractivity contribution in [2.24, 2.45) is 5.92 Å². The van der Waals surface area contributed by atoms with Crippen molar-refractivity contribution >= 4 is 33.6 Å². The topological polar surface area (TPSA) is 108 Å². The highest BCUT2D eigenvalue weighted by molar-refractivity contribution is 9.10. The molecule has 0 aliphatic carbocycles. The van der Waals surface area contributed by atoms with Crippen molar-refractivity contribution in [3.05, 3.63) is 70.2 Å². The van der Waals surface area contributed by atoms with Crippen LogP contribution in [0.2, 0.25) is 0 Å². The third kappa shape index (κ3) is 7.20. The van der Waals surface area contributed by atoms with Gasteiger partial charge in [0.25, 0.3) is 5.91 Å². The highest BCUT2D eigenvalue weighted by atomic mass is 79.9. The number of aromatic hydroxyl groups is 1. The normalized spacial score (nSPS) is 12.9. The summed E-state index contributed by atoms with van der Waals surface area (Å²) >= 11 is 3.38. The summed E-state index contributed by atoms with van der Waals surface area (Å²) in [5, 5.41) is 21.6. The van der Waals surface area contributed by atoms with Gasteiger partial charge < -0.3 is 9.84 Å². The van der Waals surface area contributed by atoms with E-state index < -0.39 is 18.1 Å². The SMILES string of the molecule is Cc1ccc(NC(=O)O[C@@H](c2cc(Br)ccc2O)[C@H](C)CC/C=C/C(=O)NO)cc1. The predicted molar refractivity (Wildman–Crippen MR) is 117 cm³/mol. The standard InChI is InChI=1S/C22H25BrN2O5/c1-14-7-10-17(11-8-14)24-22(28)30-21(18-13-16(23)9-12-19(18)26)15(2)5-3-4-6-20(27)25-29/h4,6-13,15,21,26,29H,3,5H2,1-2H3,(H,24,28)(H,25,27)/b6-4+/t15-,21-/m1/s1. The molecule has 0 spiro atoms. The molecule has 30 heavy (non-hydrogen) atoms. The van der Waals surface area contributed by atoms with Crippen molar-refractivity contribution in [3.8, 4) is 5.75 Å². The number of carbonyl (C=O) groups is 2. The van der Waals surface area contributed by atoms with E-state index >= 15 is 0 Å². The Labute approximate surface area is 183 Å². The summed E-state index contributed by atoms with van der Waals surface area (Å²) in [5.41, 5.74) is 3.68. The van der Waals surface area contributed by atoms with E-state index in [9.17, 15) is 14.7 Å². The van der Waals surface area contributed by atoms with Crippen LogP contribution in [0.3, 0.4) is 0 Å². The lowest BCUT2D eigenvalue weighted by Crippen LogP contribution is -2.22. The molecule has 0 fully saturated rings. The molecule has 0 bridgehead atoms. The number of rotatable bonds is 8. The Hall–Kier alpha value is -2.84. The number of ether oxygens (including phenoxy) is 1. The van der Waals surface area contributed by atoms with Gasteiger partial charge in [0.15, 0.2) is 0 Å². The van der Waals surface area contributed by atoms with Gasteiger partial charge in [-0.05, 0) is 56.0 Å². The van der Waals surface area contributed by atoms with Crippen molar-refractivity contribution in [1.82, 2.24) is 5.48 Å². The largest absolute Gasteiger partial charge is 0.508 e. The summed E-state index contributed by atoms with van der Waals surface area (Å²) in [5.74, 6) is -0.762. The van der Waals surface area contributed by atoms with Crippen LogP contribution in [0.25, 0.3) is 0 Å². The second-order valence-electron chi connectivity index (χ2n) is 6.95. The smallest absolute Gasteiger partial charge is 0.412 e. The molecule has 2 aromatic rings. The minimum atomic E-state index is -0.715. The van der Waals surface area contributed by atoms with Crippen LogP contribution in [0, 0.1) is 12.8 Å². The average Bonchev–Trinajstić information content (AvgIpc) is 2.72. The zero-order chi connectivity index (χ0) is 22.1. The molecule has 0 aromatic heterocycles. The maximum atomic E-state index is 12.5. The van der Waals surface area contributed by atoms with Crippen LogP contribution in [0.15, 0.2) is 59.1 Å². The summed E-state index contributed by atoms with van der Waals surface area (Å²) in [7, 11) is 0. The molecule has 8 heteroatoms. The number of nitrogens with one attached hydrogen (secondary N) is 2. The molecule has 0 unspecified atom stereocenters. The van der Waals surface area contributed by atoms with Gasteiger partial charge in [-0.2, -0.15) is 0 Å². The van der Waals surface area contributed by atoms with Crippen molar-refractivity contribution in [2.75, 3.05) is 5.32 Å². The zero-order valence-electron chi connectivity index (χ0n) is 16.8. The number of phenols is 1. The lowest BCUT2D eigenvalue weighted by atomic mass is 9.92. The van der Waals surface area contributed by atoms with Crippen molar-refractivity contribution < 1.29 is 24.6 Å². The van der Waals surface area contributed by atoms with E-state index in [0.29, 0.717) is 24.1 Å². The van der Waals surface area contributed by atoms with Crippen LogP contribution < -0.4 is 10.8 Å². The molecule has 0 saturated carbocycles. The molecule has 4 N–H and O–H groups in total. The molecule has 2 atom stereocenters. The summed E-state index contributed by atoms with van der Waals surface area (Å²) in [4.78, 5) is 23.6. The van der Waals surface area contributed by atoms with Gasteiger partial charge in [0, 0.05) is 21.8 Å².